The van der Waals surface area contributed by atoms with Crippen LogP contribution in [-0.4, -0.2) is 20.5 Å². The van der Waals surface area contributed by atoms with Gasteiger partial charge in [-0.25, -0.2) is 4.68 Å². The summed E-state index contributed by atoms with van der Waals surface area (Å²) < 4.78 is 1.48. The molecule has 0 atom stereocenters. The number of nitro groups is 1. The van der Waals surface area contributed by atoms with E-state index in [-0.39, 0.29) is 5.69 Å². The Morgan fingerprint density at radius 3 is 2.71 bits per heavy atom. The maximum Gasteiger partial charge on any atom is 0.313 e. The quantitative estimate of drug-likeness (QED) is 0.491. The average Bonchev–Trinajstić information content (AvgIpc) is 2.74. The molecule has 0 spiro atoms. The molecule has 1 aromatic carbocycles. The molecular formula is C14H14N4O2S. The molecule has 0 radical (unpaired) electrons. The Kier molecular flexibility index (Phi) is 4.29. The van der Waals surface area contributed by atoms with Gasteiger partial charge in [-0.15, -0.1) is 11.8 Å². The highest BCUT2D eigenvalue weighted by Crippen LogP contribution is 2.30. The van der Waals surface area contributed by atoms with Crippen molar-refractivity contribution < 1.29 is 4.92 Å². The minimum atomic E-state index is -0.440. The van der Waals surface area contributed by atoms with Crippen molar-refractivity contribution in [1.82, 2.24) is 9.78 Å². The highest BCUT2D eigenvalue weighted by molar-refractivity contribution is 7.99. The average molecular weight is 302 g/mol. The predicted octanol–water partition coefficient (Wildman–Crippen LogP) is 3.38. The van der Waals surface area contributed by atoms with Gasteiger partial charge in [0.1, 0.15) is 17.5 Å². The summed E-state index contributed by atoms with van der Waals surface area (Å²) in [5, 5.41) is 24.7. The zero-order chi connectivity index (χ0) is 15.6. The van der Waals surface area contributed by atoms with Crippen molar-refractivity contribution in [2.45, 2.75) is 25.7 Å². The van der Waals surface area contributed by atoms with Gasteiger partial charge < -0.3 is 0 Å². The first-order chi connectivity index (χ1) is 10.0. The van der Waals surface area contributed by atoms with Crippen molar-refractivity contribution in [2.75, 3.05) is 5.75 Å². The van der Waals surface area contributed by atoms with Gasteiger partial charge in [0.05, 0.1) is 16.2 Å². The van der Waals surface area contributed by atoms with Gasteiger partial charge in [0.15, 0.2) is 0 Å². The number of hydrogen-bond donors (Lipinski definition) is 0. The van der Waals surface area contributed by atoms with Crippen LogP contribution in [0.2, 0.25) is 0 Å². The Morgan fingerprint density at radius 2 is 2.19 bits per heavy atom. The van der Waals surface area contributed by atoms with Gasteiger partial charge >= 0.3 is 5.69 Å². The van der Waals surface area contributed by atoms with Crippen LogP contribution >= 0.6 is 11.8 Å². The number of aryl methyl sites for hydroxylation is 1. The van der Waals surface area contributed by atoms with E-state index in [1.165, 1.54) is 4.68 Å². The lowest BCUT2D eigenvalue weighted by atomic mass is 10.2. The van der Waals surface area contributed by atoms with Crippen molar-refractivity contribution in [3.8, 4) is 11.8 Å². The topological polar surface area (TPSA) is 84.8 Å². The van der Waals surface area contributed by atoms with Crippen molar-refractivity contribution in [3.05, 3.63) is 45.3 Å². The molecule has 21 heavy (non-hydrogen) atoms. The van der Waals surface area contributed by atoms with Gasteiger partial charge in [-0.2, -0.15) is 10.4 Å². The number of rotatable bonds is 4. The van der Waals surface area contributed by atoms with Gasteiger partial charge in [-0.1, -0.05) is 13.0 Å². The predicted molar refractivity (Wildman–Crippen MR) is 80.8 cm³/mol. The van der Waals surface area contributed by atoms with Crippen LogP contribution in [-0.2, 0) is 0 Å². The van der Waals surface area contributed by atoms with Crippen LogP contribution < -0.4 is 0 Å². The zero-order valence-corrected chi connectivity index (χ0v) is 12.8. The highest BCUT2D eigenvalue weighted by Gasteiger charge is 2.24. The summed E-state index contributed by atoms with van der Waals surface area (Å²) in [5.41, 5.74) is 1.82. The molecule has 6 nitrogen and oxygen atoms in total. The van der Waals surface area contributed by atoms with E-state index in [0.717, 1.165) is 10.6 Å². The highest BCUT2D eigenvalue weighted by atomic mass is 32.2. The number of benzene rings is 1. The summed E-state index contributed by atoms with van der Waals surface area (Å²) in [6, 6.07) is 7.63. The summed E-state index contributed by atoms with van der Waals surface area (Å²) in [6.45, 7) is 5.24. The molecule has 0 amide bonds. The molecule has 0 unspecified atom stereocenters. The first-order valence-electron chi connectivity index (χ1n) is 6.38. The standard InChI is InChI=1S/C14H14N4O2S/c1-4-21-13-7-5-6-12(11(13)8-15)17-10(3)14(18(19)20)9(2)16-17/h5-7H,4H2,1-3H3. The van der Waals surface area contributed by atoms with Gasteiger partial charge in [-0.05, 0) is 31.7 Å². The van der Waals surface area contributed by atoms with Crippen LogP contribution in [0.15, 0.2) is 23.1 Å². The number of aromatic nitrogens is 2. The van der Waals surface area contributed by atoms with Crippen molar-refractivity contribution in [2.24, 2.45) is 0 Å². The van der Waals surface area contributed by atoms with Crippen molar-refractivity contribution in [3.63, 3.8) is 0 Å². The van der Waals surface area contributed by atoms with E-state index in [2.05, 4.69) is 11.2 Å². The fourth-order valence-corrected chi connectivity index (χ4v) is 3.00. The van der Waals surface area contributed by atoms with Gasteiger partial charge in [0.2, 0.25) is 0 Å². The smallest absolute Gasteiger partial charge is 0.258 e. The van der Waals surface area contributed by atoms with Gasteiger partial charge in [-0.3, -0.25) is 10.1 Å². The summed E-state index contributed by atoms with van der Waals surface area (Å²) in [5.74, 6) is 0.843. The molecule has 2 aromatic rings. The molecule has 0 saturated carbocycles. The SMILES string of the molecule is CCSc1cccc(-n2nc(C)c([N+](=O)[O-])c2C)c1C#N. The number of nitrogens with zero attached hydrogens (tertiary/aromatic N) is 4. The Labute approximate surface area is 126 Å². The third-order valence-electron chi connectivity index (χ3n) is 3.08. The molecule has 0 aliphatic heterocycles. The molecule has 2 rings (SSSR count). The molecule has 0 bridgehead atoms. The third kappa shape index (κ3) is 2.62. The van der Waals surface area contributed by atoms with Crippen molar-refractivity contribution >= 4 is 17.4 Å². The second-order valence-electron chi connectivity index (χ2n) is 4.38. The van der Waals surface area contributed by atoms with E-state index >= 15 is 0 Å². The molecule has 0 saturated heterocycles. The minimum Gasteiger partial charge on any atom is -0.258 e. The maximum atomic E-state index is 11.1. The van der Waals surface area contributed by atoms with Crippen LogP contribution in [0.25, 0.3) is 5.69 Å². The number of nitriles is 1. The molecule has 7 heteroatoms. The molecule has 0 aliphatic carbocycles. The first kappa shape index (κ1) is 15.1. The van der Waals surface area contributed by atoms with Gasteiger partial charge in [0.25, 0.3) is 0 Å². The van der Waals surface area contributed by atoms with E-state index in [0.29, 0.717) is 22.6 Å². The van der Waals surface area contributed by atoms with E-state index in [4.69, 9.17) is 0 Å². The Morgan fingerprint density at radius 1 is 1.48 bits per heavy atom. The molecule has 0 N–H and O–H groups in total. The van der Waals surface area contributed by atoms with Gasteiger partial charge in [0, 0.05) is 4.90 Å². The molecule has 1 heterocycles. The zero-order valence-electron chi connectivity index (χ0n) is 12.0. The maximum absolute atomic E-state index is 11.1. The molecule has 0 fully saturated rings. The second kappa shape index (κ2) is 5.97. The summed E-state index contributed by atoms with van der Waals surface area (Å²) in [6.07, 6.45) is 0. The normalized spacial score (nSPS) is 10.4. The second-order valence-corrected chi connectivity index (χ2v) is 5.69. The van der Waals surface area contributed by atoms with E-state index in [9.17, 15) is 15.4 Å². The van der Waals surface area contributed by atoms with Crippen LogP contribution in [0, 0.1) is 35.3 Å². The van der Waals surface area contributed by atoms with E-state index < -0.39 is 4.92 Å². The fourth-order valence-electron chi connectivity index (χ4n) is 2.22. The lowest BCUT2D eigenvalue weighted by molar-refractivity contribution is -0.386. The lowest BCUT2D eigenvalue weighted by Crippen LogP contribution is -2.03. The van der Waals surface area contributed by atoms with E-state index in [1.807, 2.05) is 19.1 Å². The Balaban J connectivity index is 2.69. The fraction of sp³-hybridized carbons (Fsp3) is 0.286. The number of hydrogen-bond acceptors (Lipinski definition) is 5. The van der Waals surface area contributed by atoms with Crippen molar-refractivity contribution in [1.29, 1.82) is 5.26 Å². The molecule has 0 aliphatic rings. The summed E-state index contributed by atoms with van der Waals surface area (Å²) in [4.78, 5) is 11.5. The van der Waals surface area contributed by atoms with E-state index in [1.54, 1.807) is 31.7 Å². The lowest BCUT2D eigenvalue weighted by Gasteiger charge is -2.09. The van der Waals surface area contributed by atoms with Crippen LogP contribution in [0.1, 0.15) is 23.9 Å². The monoisotopic (exact) mass is 302 g/mol. The van der Waals surface area contributed by atoms with Crippen LogP contribution in [0.3, 0.4) is 0 Å². The minimum absolute atomic E-state index is 0.00700. The number of thioether (sulfide) groups is 1. The summed E-state index contributed by atoms with van der Waals surface area (Å²) >= 11 is 1.56. The Hall–Kier alpha value is -2.33. The Bertz CT molecular complexity index is 746. The molecular weight excluding hydrogens is 288 g/mol. The largest absolute Gasteiger partial charge is 0.313 e. The van der Waals surface area contributed by atoms with Crippen LogP contribution in [0.4, 0.5) is 5.69 Å². The molecule has 108 valence electrons. The molecule has 1 aromatic heterocycles. The van der Waals surface area contributed by atoms with Crippen LogP contribution in [0.5, 0.6) is 0 Å². The first-order valence-corrected chi connectivity index (χ1v) is 7.36. The third-order valence-corrected chi connectivity index (χ3v) is 4.02. The summed E-state index contributed by atoms with van der Waals surface area (Å²) in [7, 11) is 0.